The lowest BCUT2D eigenvalue weighted by molar-refractivity contribution is -0.122. The SMILES string of the molecule is Cc1cc(C)c(NC(=O)CCC(N)=O)c(Cl)c1. The molecular weight excluding hydrogens is 240 g/mol. The van der Waals surface area contributed by atoms with Gasteiger partial charge < -0.3 is 11.1 Å². The van der Waals surface area contributed by atoms with Gasteiger partial charge in [0, 0.05) is 12.8 Å². The van der Waals surface area contributed by atoms with Crippen molar-refractivity contribution in [3.8, 4) is 0 Å². The van der Waals surface area contributed by atoms with E-state index >= 15 is 0 Å². The highest BCUT2D eigenvalue weighted by molar-refractivity contribution is 6.34. The van der Waals surface area contributed by atoms with E-state index in [2.05, 4.69) is 5.32 Å². The summed E-state index contributed by atoms with van der Waals surface area (Å²) >= 11 is 6.04. The van der Waals surface area contributed by atoms with Gasteiger partial charge in [-0.3, -0.25) is 9.59 Å². The maximum absolute atomic E-state index is 11.5. The van der Waals surface area contributed by atoms with Gasteiger partial charge in [-0.1, -0.05) is 17.7 Å². The second-order valence-electron chi connectivity index (χ2n) is 3.95. The van der Waals surface area contributed by atoms with Crippen molar-refractivity contribution >= 4 is 29.1 Å². The third-order valence-electron chi connectivity index (χ3n) is 2.29. The summed E-state index contributed by atoms with van der Waals surface area (Å²) < 4.78 is 0. The summed E-state index contributed by atoms with van der Waals surface area (Å²) in [5.41, 5.74) is 7.48. The minimum Gasteiger partial charge on any atom is -0.370 e. The summed E-state index contributed by atoms with van der Waals surface area (Å²) in [6.07, 6.45) is 0.105. The summed E-state index contributed by atoms with van der Waals surface area (Å²) in [6.45, 7) is 3.79. The number of carbonyl (C=O) groups is 2. The van der Waals surface area contributed by atoms with Crippen molar-refractivity contribution in [1.82, 2.24) is 0 Å². The second-order valence-corrected chi connectivity index (χ2v) is 4.36. The van der Waals surface area contributed by atoms with E-state index in [0.29, 0.717) is 10.7 Å². The Balaban J connectivity index is 2.75. The lowest BCUT2D eigenvalue weighted by Gasteiger charge is -2.11. The molecule has 2 amide bonds. The number of carbonyl (C=O) groups excluding carboxylic acids is 2. The largest absolute Gasteiger partial charge is 0.370 e. The van der Waals surface area contributed by atoms with Crippen LogP contribution in [0.1, 0.15) is 24.0 Å². The van der Waals surface area contributed by atoms with Gasteiger partial charge in [0.2, 0.25) is 11.8 Å². The molecule has 0 spiro atoms. The molecule has 1 aromatic rings. The van der Waals surface area contributed by atoms with Crippen molar-refractivity contribution in [3.05, 3.63) is 28.3 Å². The van der Waals surface area contributed by atoms with E-state index < -0.39 is 5.91 Å². The normalized spacial score (nSPS) is 10.1. The van der Waals surface area contributed by atoms with E-state index in [-0.39, 0.29) is 18.7 Å². The Bertz CT molecular complexity index is 435. The number of rotatable bonds is 4. The molecular formula is C12H15ClN2O2. The topological polar surface area (TPSA) is 72.2 Å². The zero-order valence-corrected chi connectivity index (χ0v) is 10.6. The summed E-state index contributed by atoms with van der Waals surface area (Å²) in [4.78, 5) is 22.1. The molecule has 0 aliphatic heterocycles. The first kappa shape index (κ1) is 13.5. The average molecular weight is 255 g/mol. The van der Waals surface area contributed by atoms with E-state index in [1.54, 1.807) is 6.07 Å². The van der Waals surface area contributed by atoms with Gasteiger partial charge >= 0.3 is 0 Å². The number of anilines is 1. The Morgan fingerprint density at radius 3 is 2.47 bits per heavy atom. The predicted octanol–water partition coefficient (Wildman–Crippen LogP) is 2.16. The zero-order valence-electron chi connectivity index (χ0n) is 9.84. The maximum Gasteiger partial charge on any atom is 0.224 e. The molecule has 1 aromatic carbocycles. The molecule has 0 aliphatic rings. The fraction of sp³-hybridized carbons (Fsp3) is 0.333. The number of halogens is 1. The number of benzene rings is 1. The molecule has 0 heterocycles. The summed E-state index contributed by atoms with van der Waals surface area (Å²) in [7, 11) is 0. The lowest BCUT2D eigenvalue weighted by atomic mass is 10.1. The number of primary amides is 1. The number of hydrogen-bond acceptors (Lipinski definition) is 2. The van der Waals surface area contributed by atoms with Crippen molar-refractivity contribution in [2.75, 3.05) is 5.32 Å². The van der Waals surface area contributed by atoms with Crippen LogP contribution < -0.4 is 11.1 Å². The third-order valence-corrected chi connectivity index (χ3v) is 2.59. The molecule has 5 heteroatoms. The van der Waals surface area contributed by atoms with Crippen molar-refractivity contribution < 1.29 is 9.59 Å². The first-order valence-electron chi connectivity index (χ1n) is 5.25. The Labute approximate surface area is 105 Å². The standard InChI is InChI=1S/C12H15ClN2O2/c1-7-5-8(2)12(9(13)6-7)15-11(17)4-3-10(14)16/h5-6H,3-4H2,1-2H3,(H2,14,16)(H,15,17). The Kier molecular flexibility index (Phi) is 4.52. The van der Waals surface area contributed by atoms with Crippen molar-refractivity contribution in [2.24, 2.45) is 5.73 Å². The van der Waals surface area contributed by atoms with Crippen LogP contribution in [0, 0.1) is 13.8 Å². The van der Waals surface area contributed by atoms with Crippen LogP contribution in [0.2, 0.25) is 5.02 Å². The van der Waals surface area contributed by atoms with Crippen LogP contribution in [0.5, 0.6) is 0 Å². The molecule has 0 radical (unpaired) electrons. The number of nitrogens with two attached hydrogens (primary N) is 1. The van der Waals surface area contributed by atoms with Crippen LogP contribution in [0.3, 0.4) is 0 Å². The van der Waals surface area contributed by atoms with Gasteiger partial charge in [0.25, 0.3) is 0 Å². The Hall–Kier alpha value is -1.55. The smallest absolute Gasteiger partial charge is 0.224 e. The molecule has 0 bridgehead atoms. The van der Waals surface area contributed by atoms with Crippen LogP contribution >= 0.6 is 11.6 Å². The van der Waals surface area contributed by atoms with Gasteiger partial charge in [-0.05, 0) is 31.0 Å². The van der Waals surface area contributed by atoms with E-state index in [9.17, 15) is 9.59 Å². The van der Waals surface area contributed by atoms with E-state index in [4.69, 9.17) is 17.3 Å². The van der Waals surface area contributed by atoms with Gasteiger partial charge in [0.15, 0.2) is 0 Å². The van der Waals surface area contributed by atoms with E-state index in [1.165, 1.54) is 0 Å². The van der Waals surface area contributed by atoms with Crippen LogP contribution in [-0.4, -0.2) is 11.8 Å². The molecule has 92 valence electrons. The van der Waals surface area contributed by atoms with Crippen molar-refractivity contribution in [1.29, 1.82) is 0 Å². The Morgan fingerprint density at radius 2 is 1.94 bits per heavy atom. The number of aryl methyl sites for hydroxylation is 2. The molecule has 0 aromatic heterocycles. The molecule has 0 aliphatic carbocycles. The summed E-state index contributed by atoms with van der Waals surface area (Å²) in [5, 5.41) is 3.18. The number of amides is 2. The van der Waals surface area contributed by atoms with Crippen molar-refractivity contribution in [3.63, 3.8) is 0 Å². The molecule has 3 N–H and O–H groups in total. The molecule has 0 saturated heterocycles. The highest BCUT2D eigenvalue weighted by atomic mass is 35.5. The van der Waals surface area contributed by atoms with Crippen LogP contribution in [0.25, 0.3) is 0 Å². The van der Waals surface area contributed by atoms with Crippen LogP contribution in [0.15, 0.2) is 12.1 Å². The third kappa shape index (κ3) is 4.07. The molecule has 0 fully saturated rings. The van der Waals surface area contributed by atoms with Crippen molar-refractivity contribution in [2.45, 2.75) is 26.7 Å². The number of nitrogens with one attached hydrogen (secondary N) is 1. The molecule has 0 atom stereocenters. The first-order valence-corrected chi connectivity index (χ1v) is 5.63. The molecule has 0 saturated carbocycles. The Morgan fingerprint density at radius 1 is 1.29 bits per heavy atom. The highest BCUT2D eigenvalue weighted by Crippen LogP contribution is 2.27. The highest BCUT2D eigenvalue weighted by Gasteiger charge is 2.10. The van der Waals surface area contributed by atoms with Gasteiger partial charge in [-0.15, -0.1) is 0 Å². The van der Waals surface area contributed by atoms with Crippen LogP contribution in [-0.2, 0) is 9.59 Å². The van der Waals surface area contributed by atoms with E-state index in [1.807, 2.05) is 19.9 Å². The number of hydrogen-bond donors (Lipinski definition) is 2. The van der Waals surface area contributed by atoms with E-state index in [0.717, 1.165) is 11.1 Å². The zero-order chi connectivity index (χ0) is 13.0. The van der Waals surface area contributed by atoms with Gasteiger partial charge in [0.1, 0.15) is 0 Å². The second kappa shape index (κ2) is 5.68. The quantitative estimate of drug-likeness (QED) is 0.864. The summed E-state index contributed by atoms with van der Waals surface area (Å²) in [6, 6.07) is 3.70. The molecule has 0 unspecified atom stereocenters. The first-order chi connectivity index (χ1) is 7.90. The van der Waals surface area contributed by atoms with Crippen LogP contribution in [0.4, 0.5) is 5.69 Å². The van der Waals surface area contributed by atoms with Gasteiger partial charge in [-0.25, -0.2) is 0 Å². The molecule has 1 rings (SSSR count). The monoisotopic (exact) mass is 254 g/mol. The fourth-order valence-corrected chi connectivity index (χ4v) is 1.88. The maximum atomic E-state index is 11.5. The average Bonchev–Trinajstić information content (AvgIpc) is 2.20. The lowest BCUT2D eigenvalue weighted by Crippen LogP contribution is -2.17. The fourth-order valence-electron chi connectivity index (χ4n) is 1.51. The minimum atomic E-state index is -0.494. The predicted molar refractivity (Wildman–Crippen MR) is 68.0 cm³/mol. The molecule has 17 heavy (non-hydrogen) atoms. The minimum absolute atomic E-state index is 0.0361. The summed E-state index contributed by atoms with van der Waals surface area (Å²) in [5.74, 6) is -0.760. The molecule has 4 nitrogen and oxygen atoms in total. The van der Waals surface area contributed by atoms with Gasteiger partial charge in [0.05, 0.1) is 10.7 Å². The van der Waals surface area contributed by atoms with Gasteiger partial charge in [-0.2, -0.15) is 0 Å².